The van der Waals surface area contributed by atoms with Crippen LogP contribution < -0.4 is 0 Å². The topological polar surface area (TPSA) is 0 Å². The zero-order valence-corrected chi connectivity index (χ0v) is 11.2. The van der Waals surface area contributed by atoms with Crippen LogP contribution in [0.15, 0.2) is 61.2 Å². The normalized spacial score (nSPS) is 11.4. The summed E-state index contributed by atoms with van der Waals surface area (Å²) in [5.41, 5.74) is -2.15. The SMILES string of the molecule is C=Cc1ccccc1.FC(F)(F)c1ccccc1C(F)(F)F. The van der Waals surface area contributed by atoms with Crippen LogP contribution in [0.25, 0.3) is 6.08 Å². The molecule has 118 valence electrons. The van der Waals surface area contributed by atoms with Crippen LogP contribution in [0.4, 0.5) is 26.3 Å². The van der Waals surface area contributed by atoms with Gasteiger partial charge in [0.25, 0.3) is 0 Å². The van der Waals surface area contributed by atoms with Crippen LogP contribution >= 0.6 is 0 Å². The van der Waals surface area contributed by atoms with E-state index >= 15 is 0 Å². The molecule has 0 saturated carbocycles. The minimum absolute atomic E-state index is 0.406. The summed E-state index contributed by atoms with van der Waals surface area (Å²) in [4.78, 5) is 0. The molecule has 0 aromatic heterocycles. The van der Waals surface area contributed by atoms with E-state index in [1.807, 2.05) is 36.4 Å². The van der Waals surface area contributed by atoms with Crippen LogP contribution in [-0.4, -0.2) is 0 Å². The Morgan fingerprint density at radius 3 is 1.27 bits per heavy atom. The summed E-state index contributed by atoms with van der Waals surface area (Å²) in [5, 5.41) is 0. The highest BCUT2D eigenvalue weighted by Crippen LogP contribution is 2.39. The van der Waals surface area contributed by atoms with Gasteiger partial charge in [-0.1, -0.05) is 55.1 Å². The van der Waals surface area contributed by atoms with Crippen LogP contribution in [0.1, 0.15) is 16.7 Å². The lowest BCUT2D eigenvalue weighted by Crippen LogP contribution is -2.15. The summed E-state index contributed by atoms with van der Waals surface area (Å²) >= 11 is 0. The zero-order valence-electron chi connectivity index (χ0n) is 11.2. The molecule has 6 heteroatoms. The maximum Gasteiger partial charge on any atom is 0.417 e. The molecule has 0 aliphatic heterocycles. The molecule has 0 unspecified atom stereocenters. The molecule has 0 spiro atoms. The zero-order chi connectivity index (χ0) is 16.8. The van der Waals surface area contributed by atoms with E-state index in [-0.39, 0.29) is 0 Å². The Balaban J connectivity index is 0.000000255. The minimum atomic E-state index is -4.98. The number of rotatable bonds is 1. The minimum Gasteiger partial charge on any atom is -0.166 e. The first-order chi connectivity index (χ1) is 10.2. The molecule has 0 aliphatic rings. The van der Waals surface area contributed by atoms with Crippen molar-refractivity contribution in [2.24, 2.45) is 0 Å². The summed E-state index contributed by atoms with van der Waals surface area (Å²) in [5.74, 6) is 0. The summed E-state index contributed by atoms with van der Waals surface area (Å²) < 4.78 is 72.5. The third-order valence-corrected chi connectivity index (χ3v) is 2.57. The standard InChI is InChI=1S/C8H4F6.C8H8/c9-7(10,11)5-3-1-2-4-6(5)8(12,13)14;1-2-8-6-4-3-5-7-8/h1-4H;2-7H,1H2. The van der Waals surface area contributed by atoms with Crippen LogP contribution in [0, 0.1) is 0 Å². The lowest BCUT2D eigenvalue weighted by atomic mass is 10.1. The number of benzene rings is 2. The average molecular weight is 318 g/mol. The Morgan fingerprint density at radius 1 is 0.636 bits per heavy atom. The first-order valence-corrected chi connectivity index (χ1v) is 6.07. The second-order valence-corrected chi connectivity index (χ2v) is 4.16. The molecule has 0 radical (unpaired) electrons. The van der Waals surface area contributed by atoms with Gasteiger partial charge < -0.3 is 0 Å². The Hall–Kier alpha value is -2.24. The van der Waals surface area contributed by atoms with Crippen LogP contribution in [0.3, 0.4) is 0 Å². The van der Waals surface area contributed by atoms with Gasteiger partial charge in [-0.15, -0.1) is 0 Å². The maximum atomic E-state index is 12.1. The molecule has 0 heterocycles. The van der Waals surface area contributed by atoms with Crippen molar-refractivity contribution in [2.45, 2.75) is 12.4 Å². The fraction of sp³-hybridized carbons (Fsp3) is 0.125. The smallest absolute Gasteiger partial charge is 0.166 e. The molecule has 0 N–H and O–H groups in total. The highest BCUT2D eigenvalue weighted by molar-refractivity contribution is 5.45. The molecule has 0 saturated heterocycles. The van der Waals surface area contributed by atoms with Gasteiger partial charge in [-0.2, -0.15) is 26.3 Å². The largest absolute Gasteiger partial charge is 0.417 e. The van der Waals surface area contributed by atoms with E-state index in [9.17, 15) is 26.3 Å². The van der Waals surface area contributed by atoms with E-state index < -0.39 is 23.5 Å². The number of halogens is 6. The predicted molar refractivity (Wildman–Crippen MR) is 73.0 cm³/mol. The number of hydrogen-bond acceptors (Lipinski definition) is 0. The third kappa shape index (κ3) is 5.27. The Bertz CT molecular complexity index is 563. The van der Waals surface area contributed by atoms with Gasteiger partial charge >= 0.3 is 12.4 Å². The van der Waals surface area contributed by atoms with Gasteiger partial charge in [0.15, 0.2) is 0 Å². The van der Waals surface area contributed by atoms with Crippen molar-refractivity contribution in [3.63, 3.8) is 0 Å². The molecule has 2 aromatic carbocycles. The van der Waals surface area contributed by atoms with E-state index in [2.05, 4.69) is 6.58 Å². The molecule has 22 heavy (non-hydrogen) atoms. The Labute approximate surface area is 123 Å². The first kappa shape index (κ1) is 17.8. The van der Waals surface area contributed by atoms with Crippen molar-refractivity contribution in [1.29, 1.82) is 0 Å². The lowest BCUT2D eigenvalue weighted by molar-refractivity contribution is -0.162. The van der Waals surface area contributed by atoms with E-state index in [1.54, 1.807) is 0 Å². The Morgan fingerprint density at radius 2 is 1.00 bits per heavy atom. The number of hydrogen-bond donors (Lipinski definition) is 0. The highest BCUT2D eigenvalue weighted by atomic mass is 19.4. The quantitative estimate of drug-likeness (QED) is 0.561. The number of alkyl halides is 6. The second-order valence-electron chi connectivity index (χ2n) is 4.16. The van der Waals surface area contributed by atoms with Gasteiger partial charge in [-0.05, 0) is 17.7 Å². The predicted octanol–water partition coefficient (Wildman–Crippen LogP) is 6.05. The molecule has 0 bridgehead atoms. The van der Waals surface area contributed by atoms with Crippen molar-refractivity contribution in [1.82, 2.24) is 0 Å². The molecule has 0 amide bonds. The molecule has 0 nitrogen and oxygen atoms in total. The molecule has 0 atom stereocenters. The summed E-state index contributed by atoms with van der Waals surface area (Å²) in [6, 6.07) is 12.7. The van der Waals surface area contributed by atoms with Gasteiger partial charge in [-0.3, -0.25) is 0 Å². The van der Waals surface area contributed by atoms with Crippen molar-refractivity contribution >= 4 is 6.08 Å². The van der Waals surface area contributed by atoms with Gasteiger partial charge in [0, 0.05) is 0 Å². The van der Waals surface area contributed by atoms with Crippen LogP contribution in [-0.2, 0) is 12.4 Å². The molecule has 2 aromatic rings. The van der Waals surface area contributed by atoms with Crippen molar-refractivity contribution in [3.05, 3.63) is 77.9 Å². The second kappa shape index (κ2) is 7.15. The summed E-state index contributed by atoms with van der Waals surface area (Å²) in [7, 11) is 0. The lowest BCUT2D eigenvalue weighted by Gasteiger charge is -2.14. The maximum absolute atomic E-state index is 12.1. The average Bonchev–Trinajstić information content (AvgIpc) is 2.47. The summed E-state index contributed by atoms with van der Waals surface area (Å²) in [6.07, 6.45) is -8.13. The first-order valence-electron chi connectivity index (χ1n) is 6.07. The fourth-order valence-corrected chi connectivity index (χ4v) is 1.57. The Kier molecular flexibility index (Phi) is 5.79. The van der Waals surface area contributed by atoms with E-state index in [0.717, 1.165) is 12.1 Å². The van der Waals surface area contributed by atoms with Gasteiger partial charge in [0.2, 0.25) is 0 Å². The van der Waals surface area contributed by atoms with Gasteiger partial charge in [0.05, 0.1) is 11.1 Å². The third-order valence-electron chi connectivity index (χ3n) is 2.57. The molecule has 0 fully saturated rings. The molecular weight excluding hydrogens is 306 g/mol. The van der Waals surface area contributed by atoms with E-state index in [1.165, 1.54) is 5.56 Å². The van der Waals surface area contributed by atoms with Crippen molar-refractivity contribution in [2.75, 3.05) is 0 Å². The fourth-order valence-electron chi connectivity index (χ4n) is 1.57. The molecule has 0 aliphatic carbocycles. The van der Waals surface area contributed by atoms with Crippen LogP contribution in [0.2, 0.25) is 0 Å². The monoisotopic (exact) mass is 318 g/mol. The van der Waals surface area contributed by atoms with Crippen molar-refractivity contribution < 1.29 is 26.3 Å². The van der Waals surface area contributed by atoms with Gasteiger partial charge in [-0.25, -0.2) is 0 Å². The van der Waals surface area contributed by atoms with E-state index in [4.69, 9.17) is 0 Å². The van der Waals surface area contributed by atoms with E-state index in [0.29, 0.717) is 12.1 Å². The molecular formula is C16H12F6. The highest BCUT2D eigenvalue weighted by Gasteiger charge is 2.42. The van der Waals surface area contributed by atoms with Crippen molar-refractivity contribution in [3.8, 4) is 0 Å². The van der Waals surface area contributed by atoms with Gasteiger partial charge in [0.1, 0.15) is 0 Å². The summed E-state index contributed by atoms with van der Waals surface area (Å²) in [6.45, 7) is 3.63. The molecule has 2 rings (SSSR count). The van der Waals surface area contributed by atoms with Crippen LogP contribution in [0.5, 0.6) is 0 Å².